The first-order chi connectivity index (χ1) is 26.7. The van der Waals surface area contributed by atoms with Crippen LogP contribution >= 0.6 is 11.3 Å². The van der Waals surface area contributed by atoms with E-state index in [-0.39, 0.29) is 0 Å². The molecule has 3 nitrogen and oxygen atoms in total. The van der Waals surface area contributed by atoms with Crippen LogP contribution in [0.3, 0.4) is 0 Å². The molecule has 0 bridgehead atoms. The van der Waals surface area contributed by atoms with Gasteiger partial charge >= 0.3 is 0 Å². The van der Waals surface area contributed by atoms with Crippen LogP contribution in [0.1, 0.15) is 0 Å². The first kappa shape index (κ1) is 30.7. The maximum absolute atomic E-state index is 5.24. The quantitative estimate of drug-likeness (QED) is 0.172. The van der Waals surface area contributed by atoms with Crippen molar-refractivity contribution >= 4 is 48.7 Å². The van der Waals surface area contributed by atoms with Crippen LogP contribution in [0.4, 0.5) is 0 Å². The highest BCUT2D eigenvalue weighted by atomic mass is 32.1. The molecule has 54 heavy (non-hydrogen) atoms. The lowest BCUT2D eigenvalue weighted by atomic mass is 9.98. The van der Waals surface area contributed by atoms with Crippen LogP contribution in [-0.4, -0.2) is 14.4 Å². The van der Waals surface area contributed by atoms with E-state index in [4.69, 9.17) is 9.97 Å². The number of benzene rings is 7. The molecule has 0 aliphatic carbocycles. The van der Waals surface area contributed by atoms with Gasteiger partial charge in [-0.1, -0.05) is 146 Å². The predicted molar refractivity (Wildman–Crippen MR) is 227 cm³/mol. The molecule has 0 unspecified atom stereocenters. The number of hydrogen-bond donors (Lipinski definition) is 0. The predicted octanol–water partition coefficient (Wildman–Crippen LogP) is 13.7. The van der Waals surface area contributed by atoms with Gasteiger partial charge in [-0.15, -0.1) is 11.3 Å². The molecule has 0 radical (unpaired) electrons. The Morgan fingerprint density at radius 2 is 0.870 bits per heavy atom. The fraction of sp³-hybridized carbons (Fsp3) is 0. The Balaban J connectivity index is 1.05. The van der Waals surface area contributed by atoms with E-state index in [9.17, 15) is 0 Å². The molecular weight excluding hydrogens is 675 g/mol. The number of fused-ring (bicyclic) bond motifs is 6. The van der Waals surface area contributed by atoms with Crippen LogP contribution in [0, 0.1) is 0 Å². The van der Waals surface area contributed by atoms with Crippen LogP contribution in [0.25, 0.3) is 105 Å². The molecule has 0 N–H and O–H groups in total. The molecule has 7 aromatic carbocycles. The highest BCUT2D eigenvalue weighted by Gasteiger charge is 2.20. The van der Waals surface area contributed by atoms with Gasteiger partial charge in [0, 0.05) is 38.2 Å². The van der Waals surface area contributed by atoms with E-state index in [1.807, 2.05) is 0 Å². The van der Waals surface area contributed by atoms with Gasteiger partial charge in [0.05, 0.1) is 22.4 Å². The molecule has 0 amide bonds. The first-order valence-corrected chi connectivity index (χ1v) is 19.1. The highest BCUT2D eigenvalue weighted by Crippen LogP contribution is 2.43. The summed E-state index contributed by atoms with van der Waals surface area (Å²) in [6.45, 7) is 0. The Bertz CT molecular complexity index is 3020. The maximum Gasteiger partial charge on any atom is 0.160 e. The summed E-state index contributed by atoms with van der Waals surface area (Å²) in [6, 6.07) is 64.9. The fourth-order valence-electron chi connectivity index (χ4n) is 8.00. The topological polar surface area (TPSA) is 30.2 Å². The molecule has 0 saturated carbocycles. The lowest BCUT2D eigenvalue weighted by Gasteiger charge is -2.12. The number of hydrogen-bond acceptors (Lipinski definition) is 3. The molecule has 0 spiro atoms. The largest absolute Gasteiger partial charge is 0.300 e. The molecule has 4 heterocycles. The molecule has 11 aromatic rings. The van der Waals surface area contributed by atoms with Gasteiger partial charge in [-0.3, -0.25) is 4.40 Å². The van der Waals surface area contributed by atoms with Crippen LogP contribution in [-0.2, 0) is 0 Å². The highest BCUT2D eigenvalue weighted by molar-refractivity contribution is 7.17. The van der Waals surface area contributed by atoms with E-state index in [2.05, 4.69) is 192 Å². The number of nitrogens with zero attached hydrogens (tertiary/aromatic N) is 3. The molecule has 4 aromatic heterocycles. The zero-order valence-corrected chi connectivity index (χ0v) is 30.0. The van der Waals surface area contributed by atoms with Gasteiger partial charge in [0.25, 0.3) is 0 Å². The van der Waals surface area contributed by atoms with Gasteiger partial charge in [-0.05, 0) is 75.2 Å². The Hall–Kier alpha value is -6.88. The van der Waals surface area contributed by atoms with Gasteiger partial charge in [-0.25, -0.2) is 9.97 Å². The second-order valence-corrected chi connectivity index (χ2v) is 14.7. The van der Waals surface area contributed by atoms with Crippen molar-refractivity contribution in [3.05, 3.63) is 187 Å². The van der Waals surface area contributed by atoms with E-state index >= 15 is 0 Å². The van der Waals surface area contributed by atoms with E-state index < -0.39 is 0 Å². The van der Waals surface area contributed by atoms with Gasteiger partial charge in [0.1, 0.15) is 4.83 Å². The molecule has 0 fully saturated rings. The maximum atomic E-state index is 5.24. The molecule has 4 heteroatoms. The average molecular weight is 706 g/mol. The van der Waals surface area contributed by atoms with Crippen molar-refractivity contribution in [2.45, 2.75) is 0 Å². The second-order valence-electron chi connectivity index (χ2n) is 13.8. The summed E-state index contributed by atoms with van der Waals surface area (Å²) >= 11 is 1.81. The summed E-state index contributed by atoms with van der Waals surface area (Å²) in [7, 11) is 0. The zero-order chi connectivity index (χ0) is 35.6. The van der Waals surface area contributed by atoms with E-state index in [1.54, 1.807) is 11.3 Å². The van der Waals surface area contributed by atoms with Crippen LogP contribution < -0.4 is 0 Å². The molecule has 11 rings (SSSR count). The van der Waals surface area contributed by atoms with Crippen LogP contribution in [0.15, 0.2) is 187 Å². The Morgan fingerprint density at radius 1 is 0.352 bits per heavy atom. The normalized spacial score (nSPS) is 11.7. The van der Waals surface area contributed by atoms with Crippen molar-refractivity contribution in [3.63, 3.8) is 0 Å². The molecular formula is C50H31N3S. The van der Waals surface area contributed by atoms with E-state index in [0.717, 1.165) is 33.6 Å². The fourth-order valence-corrected chi connectivity index (χ4v) is 8.93. The SMILES string of the molecule is c1ccc(-c2ccc(-c3cc(-c4ccc(-c5ccccc5)cc4)nc(-c4cccc(-c5cc6c7ccccc7n7c8sccc8c(c5)c67)c4)n3)cc2)cc1. The minimum Gasteiger partial charge on any atom is -0.300 e. The number of aromatic nitrogens is 3. The average Bonchev–Trinajstić information content (AvgIpc) is 3.95. The van der Waals surface area contributed by atoms with Crippen molar-refractivity contribution in [2.24, 2.45) is 0 Å². The van der Waals surface area contributed by atoms with Gasteiger partial charge < -0.3 is 0 Å². The third kappa shape index (κ3) is 5.03. The Labute approximate surface area is 316 Å². The monoisotopic (exact) mass is 705 g/mol. The number of rotatable bonds is 6. The van der Waals surface area contributed by atoms with E-state index in [0.29, 0.717) is 5.82 Å². The summed E-state index contributed by atoms with van der Waals surface area (Å²) in [5.74, 6) is 0.700. The molecule has 0 atom stereocenters. The molecule has 252 valence electrons. The summed E-state index contributed by atoms with van der Waals surface area (Å²) in [5.41, 5.74) is 14.5. The smallest absolute Gasteiger partial charge is 0.160 e. The van der Waals surface area contributed by atoms with E-state index in [1.165, 1.54) is 65.2 Å². The van der Waals surface area contributed by atoms with Crippen molar-refractivity contribution in [3.8, 4) is 67.3 Å². The van der Waals surface area contributed by atoms with Crippen LogP contribution in [0.5, 0.6) is 0 Å². The third-order valence-corrected chi connectivity index (χ3v) is 11.6. The second kappa shape index (κ2) is 12.4. The summed E-state index contributed by atoms with van der Waals surface area (Å²) < 4.78 is 2.44. The van der Waals surface area contributed by atoms with Gasteiger partial charge in [-0.2, -0.15) is 0 Å². The lowest BCUT2D eigenvalue weighted by molar-refractivity contribution is 1.18. The standard InChI is InChI=1S/C50H31N3S/c1-3-10-32(11-4-1)34-18-22-36(23-19-34)45-31-46(37-24-20-35(21-25-37)33-12-5-2-6-13-33)52-49(51-45)39-15-9-14-38(28-39)40-29-43-41-16-7-8-17-47(41)53-48(43)44(30-40)42-26-27-54-50(42)53/h1-31H. The van der Waals surface area contributed by atoms with Crippen molar-refractivity contribution in [2.75, 3.05) is 0 Å². The van der Waals surface area contributed by atoms with Crippen LogP contribution in [0.2, 0.25) is 0 Å². The van der Waals surface area contributed by atoms with Gasteiger partial charge in [0.15, 0.2) is 5.82 Å². The summed E-state index contributed by atoms with van der Waals surface area (Å²) in [5, 5.41) is 7.36. The van der Waals surface area contributed by atoms with Crippen molar-refractivity contribution in [1.29, 1.82) is 0 Å². The number of thiophene rings is 1. The third-order valence-electron chi connectivity index (χ3n) is 10.7. The minimum absolute atomic E-state index is 0.700. The minimum atomic E-state index is 0.700. The Kier molecular flexibility index (Phi) is 7.04. The van der Waals surface area contributed by atoms with Crippen molar-refractivity contribution < 1.29 is 0 Å². The zero-order valence-electron chi connectivity index (χ0n) is 29.1. The first-order valence-electron chi connectivity index (χ1n) is 18.2. The number of para-hydroxylation sites is 1. The van der Waals surface area contributed by atoms with Gasteiger partial charge in [0.2, 0.25) is 0 Å². The molecule has 0 aliphatic heterocycles. The summed E-state index contributed by atoms with van der Waals surface area (Å²) in [6.07, 6.45) is 0. The Morgan fingerprint density at radius 3 is 1.52 bits per heavy atom. The summed E-state index contributed by atoms with van der Waals surface area (Å²) in [4.78, 5) is 11.8. The van der Waals surface area contributed by atoms with Crippen molar-refractivity contribution in [1.82, 2.24) is 14.4 Å². The molecule has 0 saturated heterocycles. The molecule has 0 aliphatic rings. The lowest BCUT2D eigenvalue weighted by Crippen LogP contribution is -1.96.